The Balaban J connectivity index is 0. The molecule has 0 rings (SSSR count). The highest BCUT2D eigenvalue weighted by molar-refractivity contribution is 4.61. The van der Waals surface area contributed by atoms with Crippen LogP contribution in [0.25, 0.3) is 0 Å². The van der Waals surface area contributed by atoms with Gasteiger partial charge >= 0.3 is 22.7 Å². The summed E-state index contributed by atoms with van der Waals surface area (Å²) < 4.78 is 18.5. The summed E-state index contributed by atoms with van der Waals surface area (Å²) in [5, 5.41) is 84.7. The fraction of sp³-hybridized carbons (Fsp3) is 1.00. The monoisotopic (exact) mass is 638 g/mol. The van der Waals surface area contributed by atoms with Gasteiger partial charge in [-0.05, 0) is 6.92 Å². The Morgan fingerprint density at radius 2 is 0.628 bits per heavy atom. The van der Waals surface area contributed by atoms with Crippen molar-refractivity contribution in [2.24, 2.45) is 0 Å². The second-order valence-electron chi connectivity index (χ2n) is 8.93. The summed E-state index contributed by atoms with van der Waals surface area (Å²) in [5.74, 6) is 0. The first kappa shape index (κ1) is 40.2. The maximum atomic E-state index is 10.6. The van der Waals surface area contributed by atoms with Gasteiger partial charge in [-0.2, -0.15) is 0 Å². The summed E-state index contributed by atoms with van der Waals surface area (Å²) in [7, 11) is 0. The Morgan fingerprint density at radius 1 is 0.442 bits per heavy atom. The van der Waals surface area contributed by atoms with Crippen molar-refractivity contribution in [1.29, 1.82) is 0 Å². The molecular weight excluding hydrogens is 612 g/mol. The molecule has 0 saturated carbocycles. The second kappa shape index (κ2) is 15.9. The van der Waals surface area contributed by atoms with Crippen molar-refractivity contribution in [3.8, 4) is 0 Å². The van der Waals surface area contributed by atoms with Crippen LogP contribution in [-0.2, 0) is 18.9 Å². The fourth-order valence-corrected chi connectivity index (χ4v) is 1.82. The number of nitrogens with zero attached hydrogens (tertiary/aromatic N) is 8. The normalized spacial score (nSPS) is 12.0. The van der Waals surface area contributed by atoms with Gasteiger partial charge in [0.15, 0.2) is 32.7 Å². The molecule has 0 aromatic heterocycles. The third-order valence-corrected chi connectivity index (χ3v) is 5.25. The predicted molar refractivity (Wildman–Crippen MR) is 128 cm³/mol. The molecule has 0 saturated heterocycles. The van der Waals surface area contributed by atoms with Crippen LogP contribution in [0.1, 0.15) is 34.6 Å². The third kappa shape index (κ3) is 10.8. The minimum absolute atomic E-state index is 0.700. The molecule has 0 aliphatic carbocycles. The van der Waals surface area contributed by atoms with Crippen molar-refractivity contribution in [1.82, 2.24) is 0 Å². The highest BCUT2D eigenvalue weighted by atomic mass is 16.7. The van der Waals surface area contributed by atoms with Crippen molar-refractivity contribution in [3.63, 3.8) is 0 Å². The van der Waals surface area contributed by atoms with Gasteiger partial charge in [-0.15, -0.1) is 0 Å². The van der Waals surface area contributed by atoms with Crippen LogP contribution >= 0.6 is 0 Å². The van der Waals surface area contributed by atoms with E-state index in [1.807, 2.05) is 0 Å². The molecular formula is C15H26N8O20. The molecule has 0 unspecified atom stereocenters. The molecule has 0 aromatic carbocycles. The van der Waals surface area contributed by atoms with E-state index in [-0.39, 0.29) is 0 Å². The van der Waals surface area contributed by atoms with Gasteiger partial charge in [0.25, 0.3) is 0 Å². The molecule has 28 nitrogen and oxygen atoms in total. The summed E-state index contributed by atoms with van der Waals surface area (Å²) in [4.78, 5) is 75.3. The molecule has 0 aliphatic rings. The number of hydrogen-bond donors (Lipinski definition) is 0. The Morgan fingerprint density at radius 3 is 0.814 bits per heavy atom. The molecule has 0 aromatic rings. The first-order valence-corrected chi connectivity index (χ1v) is 10.9. The fourth-order valence-electron chi connectivity index (χ4n) is 1.82. The number of hydrogen-bond acceptors (Lipinski definition) is 20. The maximum absolute atomic E-state index is 10.6. The molecule has 0 fully saturated rings. The highest BCUT2D eigenvalue weighted by Crippen LogP contribution is 2.16. The van der Waals surface area contributed by atoms with Crippen LogP contribution < -0.4 is 0 Å². The van der Waals surface area contributed by atoms with E-state index in [9.17, 15) is 80.9 Å². The third-order valence-electron chi connectivity index (χ3n) is 5.25. The number of ether oxygens (including phenoxy) is 4. The highest BCUT2D eigenvalue weighted by Gasteiger charge is 2.54. The van der Waals surface area contributed by atoms with E-state index in [2.05, 4.69) is 9.47 Å². The molecule has 43 heavy (non-hydrogen) atoms. The molecule has 0 amide bonds. The van der Waals surface area contributed by atoms with Crippen molar-refractivity contribution < 1.29 is 58.3 Å². The SMILES string of the molecule is CC(COCOCC(C)([N+](=O)[O-])[N+](=O)[O-])([N+](=O)[O-])[N+](=O)[O-].CC(OCC(C)([N+](=O)[O-])[N+](=O)[O-])OCC(C)([N+](=O)[O-])[N+](=O)[O-]. The first-order chi connectivity index (χ1) is 19.4. The van der Waals surface area contributed by atoms with Gasteiger partial charge in [0.2, 0.25) is 0 Å². The molecule has 246 valence electrons. The van der Waals surface area contributed by atoms with Crippen molar-refractivity contribution in [2.45, 2.75) is 63.6 Å². The first-order valence-electron chi connectivity index (χ1n) is 10.9. The van der Waals surface area contributed by atoms with E-state index in [4.69, 9.17) is 9.47 Å². The van der Waals surface area contributed by atoms with E-state index in [0.717, 1.165) is 6.92 Å². The quantitative estimate of drug-likeness (QED) is 0.0696. The largest absolute Gasteiger partial charge is 0.478 e. The molecule has 0 bridgehead atoms. The smallest absolute Gasteiger partial charge is 0.340 e. The van der Waals surface area contributed by atoms with Gasteiger partial charge in [-0.25, -0.2) is 0 Å². The molecule has 28 heteroatoms. The maximum Gasteiger partial charge on any atom is 0.478 e. The van der Waals surface area contributed by atoms with Crippen molar-refractivity contribution in [3.05, 3.63) is 80.9 Å². The summed E-state index contributed by atoms with van der Waals surface area (Å²) in [6.45, 7) is -0.772. The number of rotatable bonds is 20. The van der Waals surface area contributed by atoms with Gasteiger partial charge in [0, 0.05) is 0 Å². The molecule has 0 heterocycles. The van der Waals surface area contributed by atoms with Crippen LogP contribution in [0, 0.1) is 80.9 Å². The standard InChI is InChI=1S/C8H14N4O10.C7H12N4O10/c1-6(21-4-7(2,9(13)14)10(15)16)22-5-8(3,11(17)18)12(19)20;1-6(8(12)13,9(14)15)3-20-5-21-4-7(2,10(16)17)11(18)19/h6H,4-5H2,1-3H3;3-5H2,1-2H3. The van der Waals surface area contributed by atoms with Crippen LogP contribution in [0.4, 0.5) is 0 Å². The molecule has 0 spiro atoms. The minimum atomic E-state index is -2.63. The summed E-state index contributed by atoms with van der Waals surface area (Å²) in [6, 6.07) is 0. The van der Waals surface area contributed by atoms with Crippen LogP contribution in [0.3, 0.4) is 0 Å². The van der Waals surface area contributed by atoms with Crippen LogP contribution in [0.15, 0.2) is 0 Å². The number of nitro groups is 8. The van der Waals surface area contributed by atoms with E-state index in [1.165, 1.54) is 0 Å². The van der Waals surface area contributed by atoms with Crippen LogP contribution in [0.5, 0.6) is 0 Å². The van der Waals surface area contributed by atoms with E-state index in [0.29, 0.717) is 27.7 Å². The lowest BCUT2D eigenvalue weighted by Gasteiger charge is -2.19. The lowest BCUT2D eigenvalue weighted by atomic mass is 10.2. The molecule has 0 atom stereocenters. The zero-order chi connectivity index (χ0) is 34.6. The molecule has 0 N–H and O–H groups in total. The van der Waals surface area contributed by atoms with E-state index < -0.39 is 102 Å². The van der Waals surface area contributed by atoms with E-state index in [1.54, 1.807) is 0 Å². The Kier molecular flexibility index (Phi) is 14.8. The average molecular weight is 638 g/mol. The lowest BCUT2D eigenvalue weighted by Crippen LogP contribution is -2.50. The van der Waals surface area contributed by atoms with Gasteiger partial charge in [-0.1, -0.05) is 0 Å². The zero-order valence-corrected chi connectivity index (χ0v) is 22.9. The lowest BCUT2D eigenvalue weighted by molar-refractivity contribution is -0.797. The molecule has 0 radical (unpaired) electrons. The second-order valence-corrected chi connectivity index (χ2v) is 8.93. The van der Waals surface area contributed by atoms with Gasteiger partial charge < -0.3 is 18.9 Å². The topological polar surface area (TPSA) is 382 Å². The predicted octanol–water partition coefficient (Wildman–Crippen LogP) is -0.579. The summed E-state index contributed by atoms with van der Waals surface area (Å²) in [5.41, 5.74) is -10.5. The van der Waals surface area contributed by atoms with Gasteiger partial charge in [0.1, 0.15) is 46.2 Å². The summed E-state index contributed by atoms with van der Waals surface area (Å²) in [6.07, 6.45) is -1.36. The van der Waals surface area contributed by atoms with Crippen molar-refractivity contribution >= 4 is 0 Å². The summed E-state index contributed by atoms with van der Waals surface area (Å²) >= 11 is 0. The van der Waals surface area contributed by atoms with Crippen molar-refractivity contribution in [2.75, 3.05) is 33.2 Å². The van der Waals surface area contributed by atoms with Gasteiger partial charge in [-0.3, -0.25) is 80.9 Å². The zero-order valence-electron chi connectivity index (χ0n) is 22.9. The van der Waals surface area contributed by atoms with Gasteiger partial charge in [0.05, 0.1) is 27.7 Å². The van der Waals surface area contributed by atoms with Crippen LogP contribution in [0.2, 0.25) is 0 Å². The Labute approximate surface area is 237 Å². The Bertz CT molecular complexity index is 960. The van der Waals surface area contributed by atoms with E-state index >= 15 is 0 Å². The average Bonchev–Trinajstić information content (AvgIpc) is 2.88. The minimum Gasteiger partial charge on any atom is -0.340 e. The molecule has 0 aliphatic heterocycles. The Hall–Kier alpha value is -4.96. The van der Waals surface area contributed by atoms with Crippen LogP contribution in [-0.4, -0.2) is 102 Å².